The summed E-state index contributed by atoms with van der Waals surface area (Å²) in [4.78, 5) is 26.0. The molecule has 1 amide bonds. The van der Waals surface area contributed by atoms with Crippen LogP contribution in [-0.4, -0.2) is 53.7 Å². The van der Waals surface area contributed by atoms with Crippen molar-refractivity contribution >= 4 is 33.6 Å². The van der Waals surface area contributed by atoms with Crippen molar-refractivity contribution < 1.29 is 9.53 Å². The van der Waals surface area contributed by atoms with Gasteiger partial charge in [-0.25, -0.2) is 14.8 Å². The lowest BCUT2D eigenvalue weighted by Gasteiger charge is -2.35. The molecule has 0 spiro atoms. The van der Waals surface area contributed by atoms with Crippen LogP contribution < -0.4 is 4.90 Å². The van der Waals surface area contributed by atoms with E-state index in [-0.39, 0.29) is 6.09 Å². The molecule has 162 valence electrons. The first kappa shape index (κ1) is 20.2. The van der Waals surface area contributed by atoms with E-state index in [1.807, 2.05) is 25.1 Å². The summed E-state index contributed by atoms with van der Waals surface area (Å²) < 4.78 is 5.16. The van der Waals surface area contributed by atoms with E-state index < -0.39 is 0 Å². The standard InChI is InChI=1S/C26H26N4O2/c1-2-32-26(31)30-16-14-29(15-17-30)25-22-12-5-6-13-23(22)27-24(28-25)18-20-10-7-9-19-8-3-4-11-21(19)20/h3-13H,2,14-18H2,1H3. The Labute approximate surface area is 187 Å². The second kappa shape index (κ2) is 8.83. The molecule has 0 bridgehead atoms. The Balaban J connectivity index is 1.47. The summed E-state index contributed by atoms with van der Waals surface area (Å²) in [5.74, 6) is 1.75. The third-order valence-electron chi connectivity index (χ3n) is 5.96. The Hall–Kier alpha value is -3.67. The van der Waals surface area contributed by atoms with Crippen LogP contribution in [-0.2, 0) is 11.2 Å². The number of rotatable bonds is 4. The second-order valence-electron chi connectivity index (χ2n) is 7.97. The lowest BCUT2D eigenvalue weighted by Crippen LogP contribution is -2.49. The average molecular weight is 427 g/mol. The molecular formula is C26H26N4O2. The van der Waals surface area contributed by atoms with E-state index in [4.69, 9.17) is 14.7 Å². The van der Waals surface area contributed by atoms with Gasteiger partial charge in [0.2, 0.25) is 0 Å². The largest absolute Gasteiger partial charge is 0.450 e. The molecule has 0 saturated carbocycles. The average Bonchev–Trinajstić information content (AvgIpc) is 2.84. The molecule has 5 rings (SSSR count). The van der Waals surface area contributed by atoms with Crippen LogP contribution in [0.3, 0.4) is 0 Å². The van der Waals surface area contributed by atoms with Gasteiger partial charge in [0.1, 0.15) is 11.6 Å². The summed E-state index contributed by atoms with van der Waals surface area (Å²) in [6.07, 6.45) is 0.429. The molecule has 1 aliphatic heterocycles. The van der Waals surface area contributed by atoms with Crippen LogP contribution in [0.25, 0.3) is 21.7 Å². The summed E-state index contributed by atoms with van der Waals surface area (Å²) >= 11 is 0. The van der Waals surface area contributed by atoms with E-state index in [1.165, 1.54) is 16.3 Å². The molecule has 1 aromatic heterocycles. The fraction of sp³-hybridized carbons (Fsp3) is 0.269. The van der Waals surface area contributed by atoms with Crippen molar-refractivity contribution in [1.82, 2.24) is 14.9 Å². The van der Waals surface area contributed by atoms with E-state index in [1.54, 1.807) is 4.90 Å². The first-order chi connectivity index (χ1) is 15.7. The molecule has 2 heterocycles. The monoisotopic (exact) mass is 426 g/mol. The topological polar surface area (TPSA) is 58.6 Å². The van der Waals surface area contributed by atoms with Crippen LogP contribution in [0.5, 0.6) is 0 Å². The predicted octanol–water partition coefficient (Wildman–Crippen LogP) is 4.65. The van der Waals surface area contributed by atoms with Crippen molar-refractivity contribution in [3.8, 4) is 0 Å². The highest BCUT2D eigenvalue weighted by Crippen LogP contribution is 2.27. The lowest BCUT2D eigenvalue weighted by molar-refractivity contribution is 0.105. The molecule has 4 aromatic rings. The molecule has 0 radical (unpaired) electrons. The first-order valence-electron chi connectivity index (χ1n) is 11.1. The summed E-state index contributed by atoms with van der Waals surface area (Å²) in [6.45, 7) is 4.90. The predicted molar refractivity (Wildman–Crippen MR) is 127 cm³/mol. The van der Waals surface area contributed by atoms with Crippen LogP contribution >= 0.6 is 0 Å². The fourth-order valence-corrected chi connectivity index (χ4v) is 4.36. The van der Waals surface area contributed by atoms with Crippen molar-refractivity contribution in [2.75, 3.05) is 37.7 Å². The van der Waals surface area contributed by atoms with E-state index in [2.05, 4.69) is 53.4 Å². The molecule has 1 saturated heterocycles. The van der Waals surface area contributed by atoms with E-state index in [9.17, 15) is 4.79 Å². The molecule has 0 atom stereocenters. The maximum atomic E-state index is 12.1. The molecule has 0 aliphatic carbocycles. The summed E-state index contributed by atoms with van der Waals surface area (Å²) in [6, 6.07) is 22.9. The van der Waals surface area contributed by atoms with Crippen molar-refractivity contribution in [3.63, 3.8) is 0 Å². The number of piperazine rings is 1. The number of carbonyl (C=O) groups excluding carboxylic acids is 1. The number of hydrogen-bond donors (Lipinski definition) is 0. The molecule has 1 aliphatic rings. The van der Waals surface area contributed by atoms with Crippen molar-refractivity contribution in [2.24, 2.45) is 0 Å². The third kappa shape index (κ3) is 3.96. The molecular weight excluding hydrogens is 400 g/mol. The van der Waals surface area contributed by atoms with Gasteiger partial charge in [0.25, 0.3) is 0 Å². The van der Waals surface area contributed by atoms with E-state index >= 15 is 0 Å². The minimum Gasteiger partial charge on any atom is -0.450 e. The number of para-hydroxylation sites is 1. The van der Waals surface area contributed by atoms with E-state index in [0.29, 0.717) is 39.2 Å². The van der Waals surface area contributed by atoms with Crippen LogP contribution in [0.1, 0.15) is 18.3 Å². The van der Waals surface area contributed by atoms with Gasteiger partial charge in [-0.15, -0.1) is 0 Å². The number of anilines is 1. The number of amides is 1. The SMILES string of the molecule is CCOC(=O)N1CCN(c2nc(Cc3cccc4ccccc34)nc3ccccc23)CC1. The van der Waals surface area contributed by atoms with Gasteiger partial charge < -0.3 is 14.5 Å². The maximum absolute atomic E-state index is 12.1. The Morgan fingerprint density at radius 2 is 1.59 bits per heavy atom. The Morgan fingerprint density at radius 3 is 2.41 bits per heavy atom. The van der Waals surface area contributed by atoms with Gasteiger partial charge in [-0.05, 0) is 35.4 Å². The molecule has 3 aromatic carbocycles. The zero-order valence-electron chi connectivity index (χ0n) is 18.2. The van der Waals surface area contributed by atoms with Gasteiger partial charge in [-0.1, -0.05) is 54.6 Å². The van der Waals surface area contributed by atoms with Crippen LogP contribution in [0.4, 0.5) is 10.6 Å². The fourth-order valence-electron chi connectivity index (χ4n) is 4.36. The van der Waals surface area contributed by atoms with Gasteiger partial charge in [-0.3, -0.25) is 0 Å². The Morgan fingerprint density at radius 1 is 0.875 bits per heavy atom. The highest BCUT2D eigenvalue weighted by molar-refractivity contribution is 5.90. The second-order valence-corrected chi connectivity index (χ2v) is 7.97. The van der Waals surface area contributed by atoms with E-state index in [0.717, 1.165) is 22.5 Å². The highest BCUT2D eigenvalue weighted by atomic mass is 16.6. The molecule has 6 nitrogen and oxygen atoms in total. The minimum atomic E-state index is -0.239. The van der Waals surface area contributed by atoms with Gasteiger partial charge in [0.05, 0.1) is 12.1 Å². The molecule has 1 fully saturated rings. The minimum absolute atomic E-state index is 0.239. The van der Waals surface area contributed by atoms with Crippen molar-refractivity contribution in [3.05, 3.63) is 78.1 Å². The third-order valence-corrected chi connectivity index (χ3v) is 5.96. The van der Waals surface area contributed by atoms with Crippen molar-refractivity contribution in [1.29, 1.82) is 0 Å². The van der Waals surface area contributed by atoms with Crippen LogP contribution in [0.15, 0.2) is 66.7 Å². The number of ether oxygens (including phenoxy) is 1. The van der Waals surface area contributed by atoms with Crippen LogP contribution in [0.2, 0.25) is 0 Å². The number of fused-ring (bicyclic) bond motifs is 2. The quantitative estimate of drug-likeness (QED) is 0.475. The highest BCUT2D eigenvalue weighted by Gasteiger charge is 2.24. The number of benzene rings is 3. The molecule has 0 N–H and O–H groups in total. The molecule has 32 heavy (non-hydrogen) atoms. The van der Waals surface area contributed by atoms with Crippen LogP contribution in [0, 0.1) is 0 Å². The van der Waals surface area contributed by atoms with Gasteiger partial charge in [-0.2, -0.15) is 0 Å². The first-order valence-corrected chi connectivity index (χ1v) is 11.1. The number of hydrogen-bond acceptors (Lipinski definition) is 5. The summed E-state index contributed by atoms with van der Waals surface area (Å²) in [5, 5.41) is 3.50. The molecule has 6 heteroatoms. The van der Waals surface area contributed by atoms with Gasteiger partial charge >= 0.3 is 6.09 Å². The lowest BCUT2D eigenvalue weighted by atomic mass is 10.0. The summed E-state index contributed by atoms with van der Waals surface area (Å²) in [7, 11) is 0. The normalized spacial score (nSPS) is 14.2. The molecule has 0 unspecified atom stereocenters. The smallest absolute Gasteiger partial charge is 0.409 e. The Kier molecular flexibility index (Phi) is 5.58. The number of carbonyl (C=O) groups is 1. The van der Waals surface area contributed by atoms with Gasteiger partial charge in [0, 0.05) is 38.0 Å². The van der Waals surface area contributed by atoms with Crippen molar-refractivity contribution in [2.45, 2.75) is 13.3 Å². The number of aromatic nitrogens is 2. The Bertz CT molecular complexity index is 1260. The zero-order chi connectivity index (χ0) is 21.9. The summed E-state index contributed by atoms with van der Waals surface area (Å²) in [5.41, 5.74) is 2.16. The van der Waals surface area contributed by atoms with Gasteiger partial charge in [0.15, 0.2) is 0 Å². The number of nitrogens with zero attached hydrogens (tertiary/aromatic N) is 4. The zero-order valence-corrected chi connectivity index (χ0v) is 18.2. The maximum Gasteiger partial charge on any atom is 0.409 e.